The Kier molecular flexibility index (Phi) is 4.87. The number of rotatable bonds is 6. The van der Waals surface area contributed by atoms with Gasteiger partial charge < -0.3 is 14.4 Å². The number of hydrogen-bond donors (Lipinski definition) is 1. The van der Waals surface area contributed by atoms with Crippen LogP contribution in [0.25, 0.3) is 0 Å². The van der Waals surface area contributed by atoms with Gasteiger partial charge in [0.2, 0.25) is 5.89 Å². The highest BCUT2D eigenvalue weighted by Gasteiger charge is 2.40. The molecular formula is C18H25N3O3. The van der Waals surface area contributed by atoms with Crippen LogP contribution in [0, 0.1) is 0 Å². The van der Waals surface area contributed by atoms with Crippen LogP contribution in [-0.2, 0) is 18.6 Å². The highest BCUT2D eigenvalue weighted by atomic mass is 16.5. The summed E-state index contributed by atoms with van der Waals surface area (Å²) in [6, 6.07) is 7.65. The Morgan fingerprint density at radius 1 is 1.38 bits per heavy atom. The van der Waals surface area contributed by atoms with E-state index >= 15 is 0 Å². The molecule has 6 heteroatoms. The first-order valence-electron chi connectivity index (χ1n) is 8.47. The summed E-state index contributed by atoms with van der Waals surface area (Å²) in [5.41, 5.74) is -0.0531. The average Bonchev–Trinajstić information content (AvgIpc) is 3.25. The smallest absolute Gasteiger partial charge is 0.226 e. The van der Waals surface area contributed by atoms with Crippen molar-refractivity contribution < 1.29 is 14.4 Å². The Bertz CT molecular complexity index is 666. The van der Waals surface area contributed by atoms with Crippen LogP contribution in [0.1, 0.15) is 44.0 Å². The van der Waals surface area contributed by atoms with E-state index in [1.54, 1.807) is 7.11 Å². The zero-order chi connectivity index (χ0) is 17.2. The molecule has 0 saturated carbocycles. The Hall–Kier alpha value is -1.92. The van der Waals surface area contributed by atoms with E-state index in [1.807, 2.05) is 38.1 Å². The molecule has 1 aromatic heterocycles. The summed E-state index contributed by atoms with van der Waals surface area (Å²) in [5.74, 6) is 2.13. The molecule has 0 amide bonds. The summed E-state index contributed by atoms with van der Waals surface area (Å²) in [4.78, 5) is 6.63. The molecule has 0 aliphatic carbocycles. The van der Waals surface area contributed by atoms with Gasteiger partial charge in [-0.05, 0) is 44.0 Å². The summed E-state index contributed by atoms with van der Waals surface area (Å²) in [7, 11) is 1.64. The van der Waals surface area contributed by atoms with Crippen LogP contribution in [0.5, 0.6) is 5.75 Å². The van der Waals surface area contributed by atoms with Crippen molar-refractivity contribution in [3.63, 3.8) is 0 Å². The van der Waals surface area contributed by atoms with E-state index in [0.29, 0.717) is 18.3 Å². The van der Waals surface area contributed by atoms with Crippen LogP contribution in [0.3, 0.4) is 0 Å². The highest BCUT2D eigenvalue weighted by Crippen LogP contribution is 2.35. The van der Waals surface area contributed by atoms with Gasteiger partial charge in [-0.2, -0.15) is 4.98 Å². The Morgan fingerprint density at radius 3 is 2.75 bits per heavy atom. The van der Waals surface area contributed by atoms with Gasteiger partial charge in [-0.15, -0.1) is 0 Å². The zero-order valence-electron chi connectivity index (χ0n) is 14.5. The molecule has 1 N–H and O–H groups in total. The zero-order valence-corrected chi connectivity index (χ0v) is 14.5. The van der Waals surface area contributed by atoms with Crippen LogP contribution in [0.2, 0.25) is 0 Å². The monoisotopic (exact) mass is 331 g/mol. The summed E-state index contributed by atoms with van der Waals surface area (Å²) >= 11 is 0. The third kappa shape index (κ3) is 3.30. The van der Waals surface area contributed by atoms with Gasteiger partial charge in [0.1, 0.15) is 11.4 Å². The highest BCUT2D eigenvalue weighted by molar-refractivity contribution is 5.31. The van der Waals surface area contributed by atoms with Crippen molar-refractivity contribution in [2.75, 3.05) is 13.7 Å². The number of hydrogen-bond acceptors (Lipinski definition) is 6. The van der Waals surface area contributed by atoms with Crippen molar-refractivity contribution in [1.82, 2.24) is 15.0 Å². The van der Waals surface area contributed by atoms with Crippen molar-refractivity contribution in [1.29, 1.82) is 0 Å². The minimum Gasteiger partial charge on any atom is -0.497 e. The fraction of sp³-hybridized carbons (Fsp3) is 0.556. The molecule has 1 fully saturated rings. The largest absolute Gasteiger partial charge is 0.497 e. The fourth-order valence-electron chi connectivity index (χ4n) is 3.45. The molecule has 2 heterocycles. The van der Waals surface area contributed by atoms with Crippen molar-refractivity contribution in [2.45, 2.75) is 51.3 Å². The molecule has 1 aliphatic rings. The second-order valence-corrected chi connectivity index (χ2v) is 6.46. The van der Waals surface area contributed by atoms with Crippen molar-refractivity contribution >= 4 is 0 Å². The summed E-state index contributed by atoms with van der Waals surface area (Å²) in [6.45, 7) is 5.39. The molecule has 24 heavy (non-hydrogen) atoms. The number of benzene rings is 1. The molecule has 3 rings (SSSR count). The molecular weight excluding hydrogens is 306 g/mol. The van der Waals surface area contributed by atoms with Gasteiger partial charge in [0.05, 0.1) is 13.7 Å². The molecule has 2 atom stereocenters. The van der Waals surface area contributed by atoms with E-state index in [9.17, 15) is 5.11 Å². The van der Waals surface area contributed by atoms with Crippen molar-refractivity contribution in [3.8, 4) is 5.75 Å². The standard InChI is InChI=1S/C18H25N3O3/c1-4-17-19-16(20-24-17)12-21-11-5-6-15(21)18(2,22)13-7-9-14(23-3)10-8-13/h7-10,15,22H,4-6,11-12H2,1-3H3. The van der Waals surface area contributed by atoms with Crippen LogP contribution >= 0.6 is 0 Å². The second-order valence-electron chi connectivity index (χ2n) is 6.46. The minimum absolute atomic E-state index is 0.0227. The average molecular weight is 331 g/mol. The van der Waals surface area contributed by atoms with Crippen LogP contribution in [-0.4, -0.2) is 39.8 Å². The molecule has 1 saturated heterocycles. The Balaban J connectivity index is 1.77. The summed E-state index contributed by atoms with van der Waals surface area (Å²) < 4.78 is 10.4. The van der Waals surface area contributed by atoms with Gasteiger partial charge in [-0.3, -0.25) is 4.90 Å². The van der Waals surface area contributed by atoms with Crippen LogP contribution < -0.4 is 4.74 Å². The number of ether oxygens (including phenoxy) is 1. The molecule has 1 aromatic carbocycles. The summed E-state index contributed by atoms with van der Waals surface area (Å²) in [5, 5.41) is 15.2. The lowest BCUT2D eigenvalue weighted by molar-refractivity contribution is -0.0262. The van der Waals surface area contributed by atoms with E-state index in [4.69, 9.17) is 9.26 Å². The van der Waals surface area contributed by atoms with Crippen LogP contribution in [0.15, 0.2) is 28.8 Å². The van der Waals surface area contributed by atoms with Gasteiger partial charge in [-0.1, -0.05) is 24.2 Å². The number of aryl methyl sites for hydroxylation is 1. The molecule has 1 aliphatic heterocycles. The Morgan fingerprint density at radius 2 is 2.12 bits per heavy atom. The van der Waals surface area contributed by atoms with E-state index in [0.717, 1.165) is 37.1 Å². The number of likely N-dealkylation sites (tertiary alicyclic amines) is 1. The quantitative estimate of drug-likeness (QED) is 0.877. The maximum Gasteiger partial charge on any atom is 0.226 e. The van der Waals surface area contributed by atoms with Gasteiger partial charge in [0.15, 0.2) is 5.82 Å². The van der Waals surface area contributed by atoms with Gasteiger partial charge in [0, 0.05) is 12.5 Å². The van der Waals surface area contributed by atoms with E-state index in [2.05, 4.69) is 15.0 Å². The molecule has 0 bridgehead atoms. The topological polar surface area (TPSA) is 71.6 Å². The molecule has 2 aromatic rings. The van der Waals surface area contributed by atoms with Crippen LogP contribution in [0.4, 0.5) is 0 Å². The molecule has 0 spiro atoms. The lowest BCUT2D eigenvalue weighted by Crippen LogP contribution is -2.45. The van der Waals surface area contributed by atoms with E-state index < -0.39 is 5.60 Å². The predicted molar refractivity (Wildman–Crippen MR) is 89.7 cm³/mol. The Labute approximate surface area is 142 Å². The SMILES string of the molecule is CCc1nc(CN2CCCC2C(C)(O)c2ccc(OC)cc2)no1. The first-order valence-corrected chi connectivity index (χ1v) is 8.47. The minimum atomic E-state index is -0.944. The second kappa shape index (κ2) is 6.91. The maximum atomic E-state index is 11.2. The lowest BCUT2D eigenvalue weighted by Gasteiger charge is -2.36. The molecule has 6 nitrogen and oxygen atoms in total. The molecule has 2 unspecified atom stereocenters. The van der Waals surface area contributed by atoms with Gasteiger partial charge in [-0.25, -0.2) is 0 Å². The number of nitrogens with zero attached hydrogens (tertiary/aromatic N) is 3. The fourth-order valence-corrected chi connectivity index (χ4v) is 3.45. The first-order chi connectivity index (χ1) is 11.5. The third-order valence-corrected chi connectivity index (χ3v) is 4.84. The van der Waals surface area contributed by atoms with Gasteiger partial charge in [0.25, 0.3) is 0 Å². The number of aromatic nitrogens is 2. The van der Waals surface area contributed by atoms with Crippen molar-refractivity contribution in [2.24, 2.45) is 0 Å². The van der Waals surface area contributed by atoms with E-state index in [-0.39, 0.29) is 6.04 Å². The lowest BCUT2D eigenvalue weighted by atomic mass is 9.86. The maximum absolute atomic E-state index is 11.2. The molecule has 0 radical (unpaired) electrons. The number of methoxy groups -OCH3 is 1. The number of aliphatic hydroxyl groups is 1. The first kappa shape index (κ1) is 16.9. The normalized spacial score (nSPS) is 20.9. The van der Waals surface area contributed by atoms with Crippen molar-refractivity contribution in [3.05, 3.63) is 41.5 Å². The third-order valence-electron chi connectivity index (χ3n) is 4.84. The molecule has 130 valence electrons. The predicted octanol–water partition coefficient (Wildman–Crippen LogP) is 2.51. The summed E-state index contributed by atoms with van der Waals surface area (Å²) in [6.07, 6.45) is 2.73. The van der Waals surface area contributed by atoms with E-state index in [1.165, 1.54) is 0 Å². The van der Waals surface area contributed by atoms with Gasteiger partial charge >= 0.3 is 0 Å².